The Bertz CT molecular complexity index is 430. The van der Waals surface area contributed by atoms with Crippen molar-refractivity contribution in [1.82, 2.24) is 4.90 Å². The highest BCUT2D eigenvalue weighted by Gasteiger charge is 2.24. The third-order valence-electron chi connectivity index (χ3n) is 3.24. The van der Waals surface area contributed by atoms with Crippen LogP contribution in [0.5, 0.6) is 0 Å². The molecule has 2 unspecified atom stereocenters. The lowest BCUT2D eigenvalue weighted by Gasteiger charge is -2.30. The number of hydrogen-bond acceptors (Lipinski definition) is 3. The summed E-state index contributed by atoms with van der Waals surface area (Å²) in [5.74, 6) is -0.863. The maximum Gasteiger partial charge on any atom is 0.304 e. The number of aliphatic carboxylic acids is 1. The highest BCUT2D eigenvalue weighted by molar-refractivity contribution is 5.67. The SMILES string of the molecule is Cc1ccc(C(C(N)CC(=O)O)N(C)C)cc1C. The molecule has 0 amide bonds. The largest absolute Gasteiger partial charge is 0.481 e. The van der Waals surface area contributed by atoms with E-state index in [9.17, 15) is 4.79 Å². The summed E-state index contributed by atoms with van der Waals surface area (Å²) in [7, 11) is 3.84. The number of aryl methyl sites for hydroxylation is 2. The van der Waals surface area contributed by atoms with Crippen molar-refractivity contribution in [2.24, 2.45) is 5.73 Å². The molecule has 1 aromatic carbocycles. The van der Waals surface area contributed by atoms with Crippen LogP contribution in [0, 0.1) is 13.8 Å². The van der Waals surface area contributed by atoms with Gasteiger partial charge in [-0.1, -0.05) is 18.2 Å². The lowest BCUT2D eigenvalue weighted by molar-refractivity contribution is -0.137. The average Bonchev–Trinajstić information content (AvgIpc) is 2.21. The second-order valence-corrected chi connectivity index (χ2v) is 5.01. The third kappa shape index (κ3) is 3.55. The second-order valence-electron chi connectivity index (χ2n) is 5.01. The van der Waals surface area contributed by atoms with Crippen LogP contribution in [-0.2, 0) is 4.79 Å². The minimum atomic E-state index is -0.863. The van der Waals surface area contributed by atoms with Gasteiger partial charge in [0.05, 0.1) is 6.42 Å². The summed E-state index contributed by atoms with van der Waals surface area (Å²) in [6, 6.07) is 5.66. The van der Waals surface area contributed by atoms with Crippen molar-refractivity contribution in [3.63, 3.8) is 0 Å². The van der Waals surface area contributed by atoms with E-state index in [1.165, 1.54) is 11.1 Å². The van der Waals surface area contributed by atoms with Crippen molar-refractivity contribution in [3.05, 3.63) is 34.9 Å². The number of likely N-dealkylation sites (N-methyl/N-ethyl adjacent to an activating group) is 1. The molecular weight excluding hydrogens is 228 g/mol. The van der Waals surface area contributed by atoms with Gasteiger partial charge in [0.1, 0.15) is 0 Å². The molecule has 0 radical (unpaired) electrons. The van der Waals surface area contributed by atoms with Gasteiger partial charge in [0.25, 0.3) is 0 Å². The summed E-state index contributed by atoms with van der Waals surface area (Å²) >= 11 is 0. The van der Waals surface area contributed by atoms with Gasteiger partial charge in [0, 0.05) is 12.1 Å². The summed E-state index contributed by atoms with van der Waals surface area (Å²) < 4.78 is 0. The minimum Gasteiger partial charge on any atom is -0.481 e. The molecular formula is C14H22N2O2. The molecule has 18 heavy (non-hydrogen) atoms. The van der Waals surface area contributed by atoms with E-state index in [1.807, 2.05) is 32.0 Å². The molecule has 0 aromatic heterocycles. The number of carboxylic acids is 1. The van der Waals surface area contributed by atoms with Crippen LogP contribution in [0.15, 0.2) is 18.2 Å². The zero-order valence-corrected chi connectivity index (χ0v) is 11.5. The minimum absolute atomic E-state index is 0.0320. The van der Waals surface area contributed by atoms with Crippen molar-refractivity contribution in [3.8, 4) is 0 Å². The molecule has 0 aliphatic carbocycles. The Balaban J connectivity index is 3.04. The Kier molecular flexibility index (Phi) is 4.87. The average molecular weight is 250 g/mol. The number of benzene rings is 1. The predicted molar refractivity (Wildman–Crippen MR) is 72.6 cm³/mol. The Morgan fingerprint density at radius 3 is 2.39 bits per heavy atom. The smallest absolute Gasteiger partial charge is 0.304 e. The number of hydrogen-bond donors (Lipinski definition) is 2. The zero-order valence-electron chi connectivity index (χ0n) is 11.5. The Morgan fingerprint density at radius 1 is 1.33 bits per heavy atom. The van der Waals surface area contributed by atoms with Crippen LogP contribution in [0.2, 0.25) is 0 Å². The highest BCUT2D eigenvalue weighted by atomic mass is 16.4. The Labute approximate surface area is 108 Å². The first-order valence-electron chi connectivity index (χ1n) is 6.04. The molecule has 1 rings (SSSR count). The molecule has 0 saturated heterocycles. The molecule has 4 nitrogen and oxygen atoms in total. The number of rotatable bonds is 5. The molecule has 100 valence electrons. The van der Waals surface area contributed by atoms with Gasteiger partial charge in [-0.05, 0) is 44.6 Å². The van der Waals surface area contributed by atoms with Gasteiger partial charge < -0.3 is 15.7 Å². The van der Waals surface area contributed by atoms with Gasteiger partial charge in [-0.2, -0.15) is 0 Å². The molecule has 2 atom stereocenters. The molecule has 0 saturated carbocycles. The van der Waals surface area contributed by atoms with Crippen molar-refractivity contribution in [2.75, 3.05) is 14.1 Å². The van der Waals surface area contributed by atoms with E-state index in [0.717, 1.165) is 5.56 Å². The zero-order chi connectivity index (χ0) is 13.9. The number of carboxylic acid groups (broad SMARTS) is 1. The highest BCUT2D eigenvalue weighted by Crippen LogP contribution is 2.24. The lowest BCUT2D eigenvalue weighted by atomic mass is 9.94. The van der Waals surface area contributed by atoms with Gasteiger partial charge >= 0.3 is 5.97 Å². The monoisotopic (exact) mass is 250 g/mol. The van der Waals surface area contributed by atoms with Gasteiger partial charge in [0.15, 0.2) is 0 Å². The fourth-order valence-electron chi connectivity index (χ4n) is 2.19. The van der Waals surface area contributed by atoms with Gasteiger partial charge in [0.2, 0.25) is 0 Å². The van der Waals surface area contributed by atoms with E-state index in [4.69, 9.17) is 10.8 Å². The van der Waals surface area contributed by atoms with Crippen LogP contribution in [-0.4, -0.2) is 36.1 Å². The first-order chi connectivity index (χ1) is 8.32. The molecule has 3 N–H and O–H groups in total. The molecule has 0 aliphatic rings. The van der Waals surface area contributed by atoms with E-state index >= 15 is 0 Å². The van der Waals surface area contributed by atoms with Crippen LogP contribution in [0.25, 0.3) is 0 Å². The number of nitrogens with two attached hydrogens (primary N) is 1. The molecule has 0 bridgehead atoms. The van der Waals surface area contributed by atoms with Gasteiger partial charge in [-0.15, -0.1) is 0 Å². The fraction of sp³-hybridized carbons (Fsp3) is 0.500. The maximum atomic E-state index is 10.8. The van der Waals surface area contributed by atoms with Crippen LogP contribution in [0.1, 0.15) is 29.2 Å². The molecule has 4 heteroatoms. The first kappa shape index (κ1) is 14.7. The Morgan fingerprint density at radius 2 is 1.94 bits per heavy atom. The van der Waals surface area contributed by atoms with Crippen LogP contribution in [0.4, 0.5) is 0 Å². The molecule has 1 aromatic rings. The van der Waals surface area contributed by atoms with Crippen LogP contribution in [0.3, 0.4) is 0 Å². The fourth-order valence-corrected chi connectivity index (χ4v) is 2.19. The maximum absolute atomic E-state index is 10.8. The summed E-state index contributed by atoms with van der Waals surface area (Å²) in [6.07, 6.45) is -0.0320. The van der Waals surface area contributed by atoms with Gasteiger partial charge in [-0.3, -0.25) is 4.79 Å². The van der Waals surface area contributed by atoms with E-state index in [2.05, 4.69) is 19.1 Å². The number of carbonyl (C=O) groups is 1. The number of nitrogens with zero attached hydrogens (tertiary/aromatic N) is 1. The van der Waals surface area contributed by atoms with E-state index in [0.29, 0.717) is 0 Å². The van der Waals surface area contributed by atoms with Crippen molar-refractivity contribution in [2.45, 2.75) is 32.4 Å². The molecule has 0 heterocycles. The van der Waals surface area contributed by atoms with Crippen molar-refractivity contribution >= 4 is 5.97 Å². The summed E-state index contributed by atoms with van der Waals surface area (Å²) in [5.41, 5.74) is 9.51. The topological polar surface area (TPSA) is 66.6 Å². The van der Waals surface area contributed by atoms with Gasteiger partial charge in [-0.25, -0.2) is 0 Å². The van der Waals surface area contributed by atoms with E-state index < -0.39 is 12.0 Å². The van der Waals surface area contributed by atoms with E-state index in [-0.39, 0.29) is 12.5 Å². The van der Waals surface area contributed by atoms with Crippen LogP contribution < -0.4 is 5.73 Å². The van der Waals surface area contributed by atoms with E-state index in [1.54, 1.807) is 0 Å². The normalized spacial score (nSPS) is 14.6. The summed E-state index contributed by atoms with van der Waals surface area (Å²) in [4.78, 5) is 12.8. The summed E-state index contributed by atoms with van der Waals surface area (Å²) in [6.45, 7) is 4.11. The lowest BCUT2D eigenvalue weighted by Crippen LogP contribution is -2.38. The van der Waals surface area contributed by atoms with Crippen molar-refractivity contribution in [1.29, 1.82) is 0 Å². The molecule has 0 spiro atoms. The quantitative estimate of drug-likeness (QED) is 0.835. The third-order valence-corrected chi connectivity index (χ3v) is 3.24. The molecule has 0 aliphatic heterocycles. The van der Waals surface area contributed by atoms with Crippen molar-refractivity contribution < 1.29 is 9.90 Å². The predicted octanol–water partition coefficient (Wildman–Crippen LogP) is 1.71. The van der Waals surface area contributed by atoms with Crippen LogP contribution >= 0.6 is 0 Å². The molecule has 0 fully saturated rings. The Hall–Kier alpha value is -1.39. The second kappa shape index (κ2) is 5.98. The first-order valence-corrected chi connectivity index (χ1v) is 6.04. The summed E-state index contributed by atoms with van der Waals surface area (Å²) in [5, 5.41) is 8.86. The standard InChI is InChI=1S/C14H22N2O2/c1-9-5-6-11(7-10(9)2)14(16(3)4)12(15)8-13(17)18/h5-7,12,14H,8,15H2,1-4H3,(H,17,18).